The Morgan fingerprint density at radius 1 is 1.42 bits per heavy atom. The maximum absolute atomic E-state index is 5.87. The molecule has 3 heterocycles. The molecule has 0 amide bonds. The molecule has 19 heavy (non-hydrogen) atoms. The number of hydrogen-bond acceptors (Lipinski definition) is 5. The maximum Gasteiger partial charge on any atom is 0.109 e. The minimum Gasteiger partial charge on any atom is -0.322 e. The van der Waals surface area contributed by atoms with Crippen molar-refractivity contribution in [3.8, 4) is 0 Å². The summed E-state index contributed by atoms with van der Waals surface area (Å²) in [6, 6.07) is 0.851. The lowest BCUT2D eigenvalue weighted by Crippen LogP contribution is -2.35. The molecule has 0 saturated carbocycles. The standard InChI is InChI=1S/C14H24N4S/c1-11(15)14-16-12(10-19-14)8-17-7-4-13(9-17)18-5-2-3-6-18/h10-11,13H,2-9,15H2,1H3. The molecular weight excluding hydrogens is 256 g/mol. The predicted octanol–water partition coefficient (Wildman–Crippen LogP) is 1.83. The van der Waals surface area contributed by atoms with Crippen LogP contribution in [0.15, 0.2) is 5.38 Å². The molecule has 3 rings (SSSR count). The number of likely N-dealkylation sites (tertiary alicyclic amines) is 2. The highest BCUT2D eigenvalue weighted by molar-refractivity contribution is 7.09. The highest BCUT2D eigenvalue weighted by Gasteiger charge is 2.29. The first kappa shape index (κ1) is 13.5. The summed E-state index contributed by atoms with van der Waals surface area (Å²) >= 11 is 1.69. The van der Waals surface area contributed by atoms with E-state index in [1.807, 2.05) is 6.92 Å². The Kier molecular flexibility index (Phi) is 4.17. The van der Waals surface area contributed by atoms with Crippen LogP contribution < -0.4 is 5.73 Å². The fourth-order valence-corrected chi connectivity index (χ4v) is 3.96. The zero-order chi connectivity index (χ0) is 13.2. The van der Waals surface area contributed by atoms with Gasteiger partial charge in [-0.2, -0.15) is 0 Å². The van der Waals surface area contributed by atoms with Crippen LogP contribution in [0.25, 0.3) is 0 Å². The molecule has 0 aromatic carbocycles. The highest BCUT2D eigenvalue weighted by atomic mass is 32.1. The third-order valence-electron chi connectivity index (χ3n) is 4.25. The maximum atomic E-state index is 5.87. The Morgan fingerprint density at radius 2 is 2.21 bits per heavy atom. The van der Waals surface area contributed by atoms with Crippen LogP contribution in [0.3, 0.4) is 0 Å². The third kappa shape index (κ3) is 3.16. The quantitative estimate of drug-likeness (QED) is 0.914. The minimum absolute atomic E-state index is 0.0645. The number of thiazole rings is 1. The lowest BCUT2D eigenvalue weighted by Gasteiger charge is -2.23. The van der Waals surface area contributed by atoms with Gasteiger partial charge < -0.3 is 5.73 Å². The van der Waals surface area contributed by atoms with Gasteiger partial charge in [0.25, 0.3) is 0 Å². The van der Waals surface area contributed by atoms with Crippen LogP contribution in [0.1, 0.15) is 42.9 Å². The summed E-state index contributed by atoms with van der Waals surface area (Å²) in [5.41, 5.74) is 7.06. The average molecular weight is 280 g/mol. The fourth-order valence-electron chi connectivity index (χ4n) is 3.19. The van der Waals surface area contributed by atoms with Gasteiger partial charge in [0.2, 0.25) is 0 Å². The van der Waals surface area contributed by atoms with Gasteiger partial charge in [0.1, 0.15) is 5.01 Å². The molecule has 2 aliphatic rings. The van der Waals surface area contributed by atoms with Crippen molar-refractivity contribution in [2.45, 2.75) is 44.8 Å². The zero-order valence-electron chi connectivity index (χ0n) is 11.7. The van der Waals surface area contributed by atoms with Gasteiger partial charge in [-0.15, -0.1) is 11.3 Å². The number of nitrogens with zero attached hydrogens (tertiary/aromatic N) is 3. The Bertz CT molecular complexity index is 411. The molecule has 0 radical (unpaired) electrons. The van der Waals surface area contributed by atoms with Gasteiger partial charge in [0.15, 0.2) is 0 Å². The van der Waals surface area contributed by atoms with E-state index in [2.05, 4.69) is 20.2 Å². The molecule has 2 unspecified atom stereocenters. The second kappa shape index (κ2) is 5.87. The molecule has 1 aromatic rings. The molecule has 0 aliphatic carbocycles. The van der Waals surface area contributed by atoms with Crippen LogP contribution in [-0.4, -0.2) is 47.0 Å². The molecule has 2 N–H and O–H groups in total. The molecule has 106 valence electrons. The summed E-state index contributed by atoms with van der Waals surface area (Å²) in [4.78, 5) is 9.85. The minimum atomic E-state index is 0.0645. The molecule has 4 nitrogen and oxygen atoms in total. The summed E-state index contributed by atoms with van der Waals surface area (Å²) in [6.45, 7) is 8.04. The normalized spacial score (nSPS) is 27.2. The van der Waals surface area contributed by atoms with Gasteiger partial charge >= 0.3 is 0 Å². The fraction of sp³-hybridized carbons (Fsp3) is 0.786. The summed E-state index contributed by atoms with van der Waals surface area (Å²) in [5.74, 6) is 0. The SMILES string of the molecule is CC(N)c1nc(CN2CCC(N3CCCC3)C2)cs1. The van der Waals surface area contributed by atoms with Gasteiger partial charge in [0.05, 0.1) is 11.7 Å². The molecule has 2 aliphatic heterocycles. The molecule has 0 bridgehead atoms. The van der Waals surface area contributed by atoms with Crippen molar-refractivity contribution in [3.63, 3.8) is 0 Å². The topological polar surface area (TPSA) is 45.4 Å². The van der Waals surface area contributed by atoms with Crippen molar-refractivity contribution in [1.29, 1.82) is 0 Å². The van der Waals surface area contributed by atoms with Crippen molar-refractivity contribution < 1.29 is 0 Å². The van der Waals surface area contributed by atoms with Crippen molar-refractivity contribution in [2.24, 2.45) is 5.73 Å². The summed E-state index contributed by atoms with van der Waals surface area (Å²) in [6.07, 6.45) is 4.10. The zero-order valence-corrected chi connectivity index (χ0v) is 12.5. The summed E-state index contributed by atoms with van der Waals surface area (Å²) in [7, 11) is 0. The van der Waals surface area contributed by atoms with Crippen LogP contribution in [0.5, 0.6) is 0 Å². The third-order valence-corrected chi connectivity index (χ3v) is 5.34. The number of nitrogens with two attached hydrogens (primary N) is 1. The van der Waals surface area contributed by atoms with Gasteiger partial charge in [0, 0.05) is 31.1 Å². The van der Waals surface area contributed by atoms with E-state index in [0.29, 0.717) is 0 Å². The molecule has 2 saturated heterocycles. The van der Waals surface area contributed by atoms with Crippen LogP contribution >= 0.6 is 11.3 Å². The summed E-state index contributed by atoms with van der Waals surface area (Å²) in [5, 5.41) is 3.23. The lowest BCUT2D eigenvalue weighted by molar-refractivity contribution is 0.229. The first-order valence-corrected chi connectivity index (χ1v) is 8.26. The number of aromatic nitrogens is 1. The number of rotatable bonds is 4. The van der Waals surface area contributed by atoms with Gasteiger partial charge in [-0.25, -0.2) is 4.98 Å². The summed E-state index contributed by atoms with van der Waals surface area (Å²) < 4.78 is 0. The molecule has 1 aromatic heterocycles. The second-order valence-corrected chi connectivity index (χ2v) is 6.78. The molecule has 0 spiro atoms. The van der Waals surface area contributed by atoms with E-state index in [4.69, 9.17) is 5.73 Å². The molecule has 5 heteroatoms. The van der Waals surface area contributed by atoms with E-state index in [1.54, 1.807) is 11.3 Å². The monoisotopic (exact) mass is 280 g/mol. The van der Waals surface area contributed by atoms with Crippen LogP contribution in [0.2, 0.25) is 0 Å². The van der Waals surface area contributed by atoms with E-state index in [-0.39, 0.29) is 6.04 Å². The van der Waals surface area contributed by atoms with Crippen molar-refractivity contribution >= 4 is 11.3 Å². The van der Waals surface area contributed by atoms with E-state index in [1.165, 1.54) is 51.1 Å². The van der Waals surface area contributed by atoms with Gasteiger partial charge in [-0.3, -0.25) is 9.80 Å². The Morgan fingerprint density at radius 3 is 2.89 bits per heavy atom. The first-order valence-electron chi connectivity index (χ1n) is 7.38. The Hall–Kier alpha value is -0.490. The molecule has 2 fully saturated rings. The van der Waals surface area contributed by atoms with Crippen molar-refractivity contribution in [3.05, 3.63) is 16.1 Å². The van der Waals surface area contributed by atoms with E-state index in [0.717, 1.165) is 17.6 Å². The van der Waals surface area contributed by atoms with Gasteiger partial charge in [-0.05, 0) is 39.3 Å². The smallest absolute Gasteiger partial charge is 0.109 e. The Balaban J connectivity index is 1.53. The highest BCUT2D eigenvalue weighted by Crippen LogP contribution is 2.23. The van der Waals surface area contributed by atoms with Gasteiger partial charge in [-0.1, -0.05) is 0 Å². The molecule has 2 atom stereocenters. The van der Waals surface area contributed by atoms with E-state index >= 15 is 0 Å². The van der Waals surface area contributed by atoms with Crippen LogP contribution in [-0.2, 0) is 6.54 Å². The van der Waals surface area contributed by atoms with Crippen molar-refractivity contribution in [2.75, 3.05) is 26.2 Å². The van der Waals surface area contributed by atoms with Crippen LogP contribution in [0, 0.1) is 0 Å². The Labute approximate surface area is 119 Å². The average Bonchev–Trinajstić information content (AvgIpc) is 3.09. The first-order chi connectivity index (χ1) is 9.22. The van der Waals surface area contributed by atoms with Crippen LogP contribution in [0.4, 0.5) is 0 Å². The number of hydrogen-bond donors (Lipinski definition) is 1. The van der Waals surface area contributed by atoms with E-state index in [9.17, 15) is 0 Å². The predicted molar refractivity (Wildman–Crippen MR) is 79.2 cm³/mol. The molecular formula is C14H24N4S. The van der Waals surface area contributed by atoms with E-state index < -0.39 is 0 Å². The second-order valence-electron chi connectivity index (χ2n) is 5.89. The largest absolute Gasteiger partial charge is 0.322 e. The lowest BCUT2D eigenvalue weighted by atomic mass is 10.2. The van der Waals surface area contributed by atoms with Crippen molar-refractivity contribution in [1.82, 2.24) is 14.8 Å².